The number of hydrogen-bond acceptors (Lipinski definition) is 8. The zero-order valence-corrected chi connectivity index (χ0v) is 25.8. The van der Waals surface area contributed by atoms with Crippen LogP contribution in [0.25, 0.3) is 0 Å². The summed E-state index contributed by atoms with van der Waals surface area (Å²) in [6.45, 7) is 5.25. The number of cyclic esters (lactones) is 1. The molecule has 0 spiro atoms. The van der Waals surface area contributed by atoms with Crippen molar-refractivity contribution in [1.82, 2.24) is 10.2 Å². The second-order valence-corrected chi connectivity index (χ2v) is 11.4. The van der Waals surface area contributed by atoms with E-state index in [0.29, 0.717) is 5.56 Å². The maximum atomic E-state index is 13.8. The lowest BCUT2D eigenvalue weighted by atomic mass is 9.92. The Bertz CT molecular complexity index is 1490. The minimum absolute atomic E-state index is 0.0186. The Balaban J connectivity index is 1.61. The molecule has 1 saturated heterocycles. The lowest BCUT2D eigenvalue weighted by Crippen LogP contribution is -2.47. The molecular formula is C35H38N2O8. The number of nitrogens with zero attached hydrogens (tertiary/aromatic N) is 1. The van der Waals surface area contributed by atoms with Gasteiger partial charge in [-0.1, -0.05) is 97.1 Å². The van der Waals surface area contributed by atoms with Crippen molar-refractivity contribution in [2.24, 2.45) is 0 Å². The molecular weight excluding hydrogens is 576 g/mol. The van der Waals surface area contributed by atoms with Crippen molar-refractivity contribution in [2.45, 2.75) is 64.0 Å². The highest BCUT2D eigenvalue weighted by Crippen LogP contribution is 2.44. The summed E-state index contributed by atoms with van der Waals surface area (Å²) in [5.74, 6) is -1.42. The second kappa shape index (κ2) is 15.1. The molecule has 1 aliphatic rings. The Morgan fingerprint density at radius 3 is 2.07 bits per heavy atom. The van der Waals surface area contributed by atoms with Crippen molar-refractivity contribution in [2.75, 3.05) is 7.11 Å². The van der Waals surface area contributed by atoms with Crippen LogP contribution in [0.5, 0.6) is 0 Å². The van der Waals surface area contributed by atoms with Gasteiger partial charge in [0.1, 0.15) is 30.0 Å². The minimum atomic E-state index is -1.08. The predicted octanol–water partition coefficient (Wildman–Crippen LogP) is 6.40. The molecule has 2 amide bonds. The zero-order valence-electron chi connectivity index (χ0n) is 25.8. The molecule has 0 radical (unpaired) electrons. The monoisotopic (exact) mass is 614 g/mol. The summed E-state index contributed by atoms with van der Waals surface area (Å²) in [4.78, 5) is 53.8. The zero-order chi connectivity index (χ0) is 32.4. The van der Waals surface area contributed by atoms with Crippen LogP contribution in [0, 0.1) is 0 Å². The Hall–Kier alpha value is -5.12. The van der Waals surface area contributed by atoms with Gasteiger partial charge in [0.15, 0.2) is 6.10 Å². The number of methoxy groups -OCH3 is 1. The van der Waals surface area contributed by atoms with Gasteiger partial charge in [-0.15, -0.1) is 0 Å². The van der Waals surface area contributed by atoms with Gasteiger partial charge < -0.3 is 24.3 Å². The number of amides is 2. The number of nitrogens with one attached hydrogen (secondary N) is 1. The molecule has 1 aliphatic heterocycles. The Labute approximate surface area is 262 Å². The van der Waals surface area contributed by atoms with E-state index in [0.717, 1.165) is 11.1 Å². The summed E-state index contributed by atoms with van der Waals surface area (Å²) in [5.41, 5.74) is 1.32. The topological polar surface area (TPSA) is 120 Å². The molecule has 1 heterocycles. The summed E-state index contributed by atoms with van der Waals surface area (Å²) in [6.07, 6.45) is -0.702. The third kappa shape index (κ3) is 8.95. The lowest BCUT2D eigenvalue weighted by molar-refractivity contribution is -0.158. The molecule has 0 unspecified atom stereocenters. The fourth-order valence-electron chi connectivity index (χ4n) is 4.88. The number of morpholine rings is 1. The predicted molar refractivity (Wildman–Crippen MR) is 165 cm³/mol. The van der Waals surface area contributed by atoms with Crippen LogP contribution < -0.4 is 5.32 Å². The molecule has 0 saturated carbocycles. The first-order valence-electron chi connectivity index (χ1n) is 14.7. The quantitative estimate of drug-likeness (QED) is 0.167. The first-order chi connectivity index (χ1) is 21.6. The number of esters is 2. The average molecular weight is 615 g/mol. The van der Waals surface area contributed by atoms with E-state index < -0.39 is 47.9 Å². The molecule has 10 heteroatoms. The molecule has 3 aromatic carbocycles. The van der Waals surface area contributed by atoms with Crippen LogP contribution in [0.4, 0.5) is 9.59 Å². The molecule has 0 bridgehead atoms. The number of rotatable bonds is 9. The van der Waals surface area contributed by atoms with Crippen LogP contribution in [0.3, 0.4) is 0 Å². The highest BCUT2D eigenvalue weighted by atomic mass is 16.6. The SMILES string of the molecule is COC(=O)[C@H](CC/C=C1\C(=O)O[C@H](c2ccccc2)[C@H](c2ccccc2)N1C(=O)OC(C)(C)C)NC(=O)OCc1ccccc1. The number of allylic oxidation sites excluding steroid dienone is 1. The van der Waals surface area contributed by atoms with E-state index in [1.807, 2.05) is 91.0 Å². The van der Waals surface area contributed by atoms with Crippen LogP contribution in [0.15, 0.2) is 103 Å². The molecule has 0 aliphatic carbocycles. The van der Waals surface area contributed by atoms with Crippen LogP contribution in [0.2, 0.25) is 0 Å². The normalized spacial score (nSPS) is 18.0. The highest BCUT2D eigenvalue weighted by molar-refractivity contribution is 5.94. The highest BCUT2D eigenvalue weighted by Gasteiger charge is 2.46. The van der Waals surface area contributed by atoms with E-state index in [2.05, 4.69) is 5.32 Å². The Kier molecular flexibility index (Phi) is 11.0. The van der Waals surface area contributed by atoms with Crippen molar-refractivity contribution >= 4 is 24.1 Å². The van der Waals surface area contributed by atoms with Gasteiger partial charge in [-0.3, -0.25) is 4.90 Å². The average Bonchev–Trinajstić information content (AvgIpc) is 3.03. The van der Waals surface area contributed by atoms with Gasteiger partial charge in [0.05, 0.1) is 7.11 Å². The Morgan fingerprint density at radius 1 is 0.911 bits per heavy atom. The summed E-state index contributed by atoms with van der Waals surface area (Å²) >= 11 is 0. The molecule has 10 nitrogen and oxygen atoms in total. The molecule has 3 aromatic rings. The largest absolute Gasteiger partial charge is 0.467 e. The third-order valence-corrected chi connectivity index (χ3v) is 6.91. The van der Waals surface area contributed by atoms with Gasteiger partial charge in [-0.05, 0) is 50.3 Å². The number of carbonyl (C=O) groups excluding carboxylic acids is 4. The molecule has 1 N–H and O–H groups in total. The van der Waals surface area contributed by atoms with E-state index in [-0.39, 0.29) is 25.1 Å². The maximum Gasteiger partial charge on any atom is 0.415 e. The van der Waals surface area contributed by atoms with E-state index in [9.17, 15) is 19.2 Å². The van der Waals surface area contributed by atoms with Crippen molar-refractivity contribution in [3.8, 4) is 0 Å². The van der Waals surface area contributed by atoms with Crippen LogP contribution in [-0.2, 0) is 35.1 Å². The fourth-order valence-corrected chi connectivity index (χ4v) is 4.88. The first kappa shape index (κ1) is 32.8. The van der Waals surface area contributed by atoms with Crippen LogP contribution in [-0.4, -0.2) is 47.8 Å². The molecule has 3 atom stereocenters. The van der Waals surface area contributed by atoms with Crippen molar-refractivity contribution in [3.05, 3.63) is 119 Å². The third-order valence-electron chi connectivity index (χ3n) is 6.91. The van der Waals surface area contributed by atoms with E-state index in [1.54, 1.807) is 20.8 Å². The first-order valence-corrected chi connectivity index (χ1v) is 14.7. The van der Waals surface area contributed by atoms with E-state index >= 15 is 0 Å². The number of benzene rings is 3. The molecule has 4 rings (SSSR count). The van der Waals surface area contributed by atoms with Gasteiger partial charge >= 0.3 is 24.1 Å². The number of ether oxygens (including phenoxy) is 4. The number of hydrogen-bond donors (Lipinski definition) is 1. The van der Waals surface area contributed by atoms with Gasteiger partial charge in [0.25, 0.3) is 0 Å². The number of carbonyl (C=O) groups is 4. The summed E-state index contributed by atoms with van der Waals surface area (Å²) in [5, 5.41) is 2.53. The molecule has 1 fully saturated rings. The Morgan fingerprint density at radius 2 is 1.49 bits per heavy atom. The number of alkyl carbamates (subject to hydrolysis) is 1. The van der Waals surface area contributed by atoms with Gasteiger partial charge in [-0.25, -0.2) is 19.2 Å². The van der Waals surface area contributed by atoms with Gasteiger partial charge in [-0.2, -0.15) is 0 Å². The second-order valence-electron chi connectivity index (χ2n) is 11.4. The lowest BCUT2D eigenvalue weighted by Gasteiger charge is -2.42. The maximum absolute atomic E-state index is 13.8. The van der Waals surface area contributed by atoms with Gasteiger partial charge in [0, 0.05) is 0 Å². The summed E-state index contributed by atoms with van der Waals surface area (Å²) in [7, 11) is 1.21. The van der Waals surface area contributed by atoms with Crippen molar-refractivity contribution in [3.63, 3.8) is 0 Å². The van der Waals surface area contributed by atoms with Crippen LogP contribution in [0.1, 0.15) is 62.4 Å². The van der Waals surface area contributed by atoms with Crippen LogP contribution >= 0.6 is 0 Å². The molecule has 0 aromatic heterocycles. The van der Waals surface area contributed by atoms with E-state index in [1.165, 1.54) is 18.1 Å². The smallest absolute Gasteiger partial charge is 0.415 e. The van der Waals surface area contributed by atoms with Crippen molar-refractivity contribution < 1.29 is 38.1 Å². The fraction of sp³-hybridized carbons (Fsp3) is 0.314. The minimum Gasteiger partial charge on any atom is -0.467 e. The summed E-state index contributed by atoms with van der Waals surface area (Å²) < 4.78 is 21.9. The molecule has 45 heavy (non-hydrogen) atoms. The van der Waals surface area contributed by atoms with Gasteiger partial charge in [0.2, 0.25) is 0 Å². The van der Waals surface area contributed by atoms with E-state index in [4.69, 9.17) is 18.9 Å². The van der Waals surface area contributed by atoms with Crippen molar-refractivity contribution in [1.29, 1.82) is 0 Å². The molecule has 236 valence electrons. The standard InChI is InChI=1S/C35H38N2O8/c1-35(2,3)45-34(41)37-28(22-14-21-27(31(38)42-4)36-33(40)43-23-24-15-8-5-9-16-24)32(39)44-30(26-19-12-7-13-20-26)29(37)25-17-10-6-11-18-25/h5-13,15-20,22,27,29-30H,14,21,23H2,1-4H3,(H,36,40)/b28-22+/t27-,29-,30+/m0/s1. The summed E-state index contributed by atoms with van der Waals surface area (Å²) in [6, 6.07) is 25.7.